The number of halogens is 1. The Labute approximate surface area is 243 Å². The smallest absolute Gasteiger partial charge is 0.244 e. The first-order valence-electron chi connectivity index (χ1n) is 14.2. The van der Waals surface area contributed by atoms with E-state index in [-0.39, 0.29) is 17.8 Å². The summed E-state index contributed by atoms with van der Waals surface area (Å²) >= 11 is 1.10. The molecule has 1 amide bonds. The van der Waals surface area contributed by atoms with E-state index >= 15 is 0 Å². The Morgan fingerprint density at radius 1 is 1.29 bits per heavy atom. The number of nitrogens with two attached hydrogens (primary N) is 1. The van der Waals surface area contributed by atoms with E-state index in [1.807, 2.05) is 14.0 Å². The first-order chi connectivity index (χ1) is 19.8. The van der Waals surface area contributed by atoms with Gasteiger partial charge in [-0.3, -0.25) is 14.7 Å². The van der Waals surface area contributed by atoms with Crippen molar-refractivity contribution in [2.24, 2.45) is 10.9 Å². The van der Waals surface area contributed by atoms with E-state index in [1.165, 1.54) is 6.07 Å². The van der Waals surface area contributed by atoms with Gasteiger partial charge in [0.2, 0.25) is 5.91 Å². The number of fused-ring (bicyclic) bond motifs is 2. The first-order valence-corrected chi connectivity index (χ1v) is 15.0. The number of carbonyl (C=O) groups is 1. The molecule has 3 aromatic rings. The number of likely N-dealkylation sites (tertiary alicyclic amines) is 2. The van der Waals surface area contributed by atoms with Crippen LogP contribution < -0.4 is 11.1 Å². The molecule has 0 radical (unpaired) electrons. The second-order valence-electron chi connectivity index (χ2n) is 11.5. The molecule has 2 saturated heterocycles. The number of aryl methyl sites for hydroxylation is 1. The highest BCUT2D eigenvalue weighted by atomic mass is 32.1. The van der Waals surface area contributed by atoms with E-state index in [0.717, 1.165) is 83.6 Å². The van der Waals surface area contributed by atoms with Gasteiger partial charge in [-0.15, -0.1) is 11.3 Å². The minimum absolute atomic E-state index is 0.0766. The van der Waals surface area contributed by atoms with Crippen molar-refractivity contribution in [2.45, 2.75) is 52.4 Å². The SMILES string of the molecule is Cc1cc(/C(=N\CN2CCC(C)C2)NC2CCCN(C)C2=O)c2c(c1-c1ccc(F)c3sc(N)c(C#N)c13)COC2. The molecule has 0 aliphatic carbocycles. The minimum atomic E-state index is -0.388. The molecule has 8 nitrogen and oxygen atoms in total. The fraction of sp³-hybridized carbons (Fsp3) is 0.452. The van der Waals surface area contributed by atoms with Gasteiger partial charge in [-0.1, -0.05) is 13.0 Å². The molecule has 2 atom stereocenters. The Bertz CT molecular complexity index is 1610. The number of nitriles is 1. The van der Waals surface area contributed by atoms with Crippen LogP contribution in [0.15, 0.2) is 23.2 Å². The number of nitrogen functional groups attached to an aromatic ring is 1. The van der Waals surface area contributed by atoms with Crippen LogP contribution in [0.4, 0.5) is 9.39 Å². The highest BCUT2D eigenvalue weighted by Gasteiger charge is 2.31. The number of aliphatic imine (C=N–C) groups is 1. The van der Waals surface area contributed by atoms with Crippen molar-refractivity contribution in [3.63, 3.8) is 0 Å². The third-order valence-corrected chi connectivity index (χ3v) is 9.63. The highest BCUT2D eigenvalue weighted by molar-refractivity contribution is 7.23. The van der Waals surface area contributed by atoms with Gasteiger partial charge in [0.05, 0.1) is 30.1 Å². The molecule has 0 spiro atoms. The summed E-state index contributed by atoms with van der Waals surface area (Å²) in [5.41, 5.74) is 12.0. The Kier molecular flexibility index (Phi) is 7.45. The number of hydrogen-bond acceptors (Lipinski definition) is 7. The van der Waals surface area contributed by atoms with Crippen LogP contribution in [0.5, 0.6) is 0 Å². The van der Waals surface area contributed by atoms with Gasteiger partial charge in [0.25, 0.3) is 0 Å². The third kappa shape index (κ3) is 4.96. The fourth-order valence-corrected chi connectivity index (χ4v) is 7.42. The van der Waals surface area contributed by atoms with Gasteiger partial charge in [0.1, 0.15) is 28.8 Å². The molecule has 2 aromatic carbocycles. The van der Waals surface area contributed by atoms with Crippen LogP contribution in [0.2, 0.25) is 0 Å². The number of ether oxygens (including phenoxy) is 1. The molecule has 2 unspecified atom stereocenters. The lowest BCUT2D eigenvalue weighted by Gasteiger charge is -2.31. The summed E-state index contributed by atoms with van der Waals surface area (Å²) in [4.78, 5) is 22.3. The maximum atomic E-state index is 14.8. The maximum Gasteiger partial charge on any atom is 0.244 e. The molecular weight excluding hydrogens is 539 g/mol. The predicted molar refractivity (Wildman–Crippen MR) is 160 cm³/mol. The monoisotopic (exact) mass is 574 g/mol. The zero-order valence-electron chi connectivity index (χ0n) is 23.7. The maximum absolute atomic E-state index is 14.8. The standard InChI is InChI=1S/C31H35FN6O2S/c1-17-8-10-38(13-17)16-35-30(36-25-5-4-9-37(3)31(25)39)20-11-18(2)26(23-15-40-14-22(20)23)19-6-7-24(32)28-27(19)21(12-33)29(34)41-28/h6-7,11,17,25H,4-5,8-10,13-16,34H2,1-3H3,(H,35,36). The number of amides is 1. The Morgan fingerprint density at radius 3 is 2.85 bits per heavy atom. The van der Waals surface area contributed by atoms with E-state index in [0.29, 0.717) is 52.3 Å². The average Bonchev–Trinajstić information content (AvgIpc) is 3.68. The average molecular weight is 575 g/mol. The van der Waals surface area contributed by atoms with Crippen LogP contribution in [-0.4, -0.2) is 60.9 Å². The van der Waals surface area contributed by atoms with Gasteiger partial charge in [-0.2, -0.15) is 5.26 Å². The van der Waals surface area contributed by atoms with Gasteiger partial charge in [0.15, 0.2) is 0 Å². The van der Waals surface area contributed by atoms with Crippen molar-refractivity contribution in [3.8, 4) is 17.2 Å². The number of rotatable bonds is 5. The predicted octanol–water partition coefficient (Wildman–Crippen LogP) is 4.76. The van der Waals surface area contributed by atoms with Crippen molar-refractivity contribution in [1.29, 1.82) is 5.26 Å². The topological polar surface area (TPSA) is 107 Å². The Balaban J connectivity index is 1.48. The molecule has 41 heavy (non-hydrogen) atoms. The van der Waals surface area contributed by atoms with E-state index in [1.54, 1.807) is 11.0 Å². The lowest BCUT2D eigenvalue weighted by Crippen LogP contribution is -2.51. The molecular formula is C31H35FN6O2S. The zero-order valence-corrected chi connectivity index (χ0v) is 24.5. The number of nitrogens with zero attached hydrogens (tertiary/aromatic N) is 4. The molecule has 3 aliphatic rings. The number of piperidine rings is 1. The van der Waals surface area contributed by atoms with Crippen LogP contribution >= 0.6 is 11.3 Å². The molecule has 6 rings (SSSR count). The number of hydrogen-bond donors (Lipinski definition) is 2. The van der Waals surface area contributed by atoms with Crippen LogP contribution in [0.1, 0.15) is 54.0 Å². The van der Waals surface area contributed by atoms with Crippen LogP contribution in [0, 0.1) is 30.0 Å². The summed E-state index contributed by atoms with van der Waals surface area (Å²) in [6, 6.07) is 7.13. The second-order valence-corrected chi connectivity index (χ2v) is 12.6. The first kappa shape index (κ1) is 27.6. The van der Waals surface area contributed by atoms with E-state index in [2.05, 4.69) is 29.3 Å². The summed E-state index contributed by atoms with van der Waals surface area (Å²) in [5.74, 6) is 1.04. The van der Waals surface area contributed by atoms with Gasteiger partial charge < -0.3 is 20.7 Å². The zero-order chi connectivity index (χ0) is 28.8. The van der Waals surface area contributed by atoms with Crippen molar-refractivity contribution < 1.29 is 13.9 Å². The summed E-state index contributed by atoms with van der Waals surface area (Å²) in [6.45, 7) is 8.40. The number of amidine groups is 1. The summed E-state index contributed by atoms with van der Waals surface area (Å²) in [6.07, 6.45) is 2.84. The van der Waals surface area contributed by atoms with Crippen LogP contribution in [0.25, 0.3) is 21.2 Å². The summed E-state index contributed by atoms with van der Waals surface area (Å²) in [7, 11) is 1.85. The second kappa shape index (κ2) is 11.0. The van der Waals surface area contributed by atoms with Gasteiger partial charge >= 0.3 is 0 Å². The van der Waals surface area contributed by atoms with Crippen molar-refractivity contribution in [2.75, 3.05) is 39.1 Å². The molecule has 10 heteroatoms. The van der Waals surface area contributed by atoms with Gasteiger partial charge in [0, 0.05) is 37.6 Å². The van der Waals surface area contributed by atoms with Gasteiger partial charge in [-0.25, -0.2) is 4.39 Å². The largest absolute Gasteiger partial charge is 0.389 e. The van der Waals surface area contributed by atoms with Crippen LogP contribution in [0.3, 0.4) is 0 Å². The molecule has 3 N–H and O–H groups in total. The van der Waals surface area contributed by atoms with Crippen molar-refractivity contribution >= 4 is 38.2 Å². The number of nitrogens with one attached hydrogen (secondary N) is 1. The van der Waals surface area contributed by atoms with Crippen molar-refractivity contribution in [1.82, 2.24) is 15.1 Å². The molecule has 1 aromatic heterocycles. The highest BCUT2D eigenvalue weighted by Crippen LogP contribution is 2.45. The van der Waals surface area contributed by atoms with E-state index < -0.39 is 0 Å². The minimum Gasteiger partial charge on any atom is -0.389 e. The van der Waals surface area contributed by atoms with Crippen LogP contribution in [-0.2, 0) is 22.7 Å². The number of carbonyl (C=O) groups excluding carboxylic acids is 1. The number of benzene rings is 2. The van der Waals surface area contributed by atoms with E-state index in [9.17, 15) is 14.4 Å². The van der Waals surface area contributed by atoms with Crippen molar-refractivity contribution in [3.05, 3.63) is 51.8 Å². The number of anilines is 1. The summed E-state index contributed by atoms with van der Waals surface area (Å²) in [5, 5.41) is 14.3. The lowest BCUT2D eigenvalue weighted by molar-refractivity contribution is -0.133. The molecule has 4 heterocycles. The Morgan fingerprint density at radius 2 is 2.10 bits per heavy atom. The third-order valence-electron chi connectivity index (χ3n) is 8.60. The normalized spacial score (nSPS) is 21.5. The Hall–Kier alpha value is -3.52. The van der Waals surface area contributed by atoms with Gasteiger partial charge in [-0.05, 0) is 72.1 Å². The number of likely N-dealkylation sites (N-methyl/N-ethyl adjacent to an activating group) is 1. The fourth-order valence-electron chi connectivity index (χ4n) is 6.47. The molecule has 0 saturated carbocycles. The molecule has 214 valence electrons. The summed E-state index contributed by atoms with van der Waals surface area (Å²) < 4.78 is 21.2. The quantitative estimate of drug-likeness (QED) is 0.336. The lowest BCUT2D eigenvalue weighted by atomic mass is 9.87. The molecule has 0 bridgehead atoms. The number of thiophene rings is 1. The molecule has 2 fully saturated rings. The van der Waals surface area contributed by atoms with E-state index in [4.69, 9.17) is 15.5 Å². The molecule has 3 aliphatic heterocycles.